The molecule has 0 aromatic heterocycles. The number of primary amides is 1. The molecule has 0 radical (unpaired) electrons. The van der Waals surface area contributed by atoms with Crippen molar-refractivity contribution in [2.24, 2.45) is 11.1 Å². The predicted molar refractivity (Wildman–Crippen MR) is 57.0 cm³/mol. The Balaban J connectivity index is 2.14. The molecular formula is C10H19N3O2. The van der Waals surface area contributed by atoms with E-state index in [4.69, 9.17) is 5.73 Å². The van der Waals surface area contributed by atoms with Gasteiger partial charge in [-0.1, -0.05) is 0 Å². The maximum absolute atomic E-state index is 11.3. The van der Waals surface area contributed by atoms with Crippen LogP contribution in [0.25, 0.3) is 0 Å². The van der Waals surface area contributed by atoms with Crippen LogP contribution < -0.4 is 16.4 Å². The smallest absolute Gasteiger partial charge is 0.234 e. The topological polar surface area (TPSA) is 84.2 Å². The van der Waals surface area contributed by atoms with Crippen LogP contribution in [0.3, 0.4) is 0 Å². The Hall–Kier alpha value is -1.10. The van der Waals surface area contributed by atoms with Crippen molar-refractivity contribution in [3.05, 3.63) is 0 Å². The van der Waals surface area contributed by atoms with Crippen molar-refractivity contribution >= 4 is 11.8 Å². The average molecular weight is 213 g/mol. The normalized spacial score (nSPS) is 16.1. The lowest BCUT2D eigenvalue weighted by Crippen LogP contribution is -2.43. The summed E-state index contributed by atoms with van der Waals surface area (Å²) >= 11 is 0. The van der Waals surface area contributed by atoms with Gasteiger partial charge in [0.25, 0.3) is 0 Å². The van der Waals surface area contributed by atoms with Gasteiger partial charge < -0.3 is 16.4 Å². The summed E-state index contributed by atoms with van der Waals surface area (Å²) in [5, 5.41) is 5.78. The highest BCUT2D eigenvalue weighted by molar-refractivity contribution is 5.81. The molecule has 0 aromatic rings. The van der Waals surface area contributed by atoms with Crippen molar-refractivity contribution in [1.82, 2.24) is 10.6 Å². The first-order valence-electron chi connectivity index (χ1n) is 5.22. The zero-order valence-corrected chi connectivity index (χ0v) is 9.30. The number of amides is 2. The monoisotopic (exact) mass is 213 g/mol. The van der Waals surface area contributed by atoms with E-state index in [0.717, 1.165) is 12.8 Å². The Morgan fingerprint density at radius 3 is 2.47 bits per heavy atom. The lowest BCUT2D eigenvalue weighted by molar-refractivity contribution is -0.126. The largest absolute Gasteiger partial charge is 0.369 e. The van der Waals surface area contributed by atoms with E-state index in [1.54, 1.807) is 13.8 Å². The van der Waals surface area contributed by atoms with Gasteiger partial charge in [0.2, 0.25) is 11.8 Å². The fraction of sp³-hybridized carbons (Fsp3) is 0.800. The quantitative estimate of drug-likeness (QED) is 0.549. The molecule has 0 spiro atoms. The van der Waals surface area contributed by atoms with E-state index in [1.165, 1.54) is 0 Å². The molecule has 5 heteroatoms. The molecule has 4 N–H and O–H groups in total. The van der Waals surface area contributed by atoms with Crippen LogP contribution in [0, 0.1) is 5.41 Å². The molecule has 0 heterocycles. The minimum Gasteiger partial charge on any atom is -0.369 e. The molecule has 1 aliphatic carbocycles. The summed E-state index contributed by atoms with van der Waals surface area (Å²) in [7, 11) is 0. The van der Waals surface area contributed by atoms with Crippen molar-refractivity contribution in [2.75, 3.05) is 13.1 Å². The van der Waals surface area contributed by atoms with Crippen molar-refractivity contribution in [3.63, 3.8) is 0 Å². The fourth-order valence-electron chi connectivity index (χ4n) is 1.08. The summed E-state index contributed by atoms with van der Waals surface area (Å²) in [5.74, 6) is -0.379. The summed E-state index contributed by atoms with van der Waals surface area (Å²) in [6.45, 7) is 4.16. The van der Waals surface area contributed by atoms with Crippen LogP contribution in [0.1, 0.15) is 26.7 Å². The molecule has 1 rings (SSSR count). The molecule has 0 aliphatic heterocycles. The number of rotatable bonds is 6. The number of carbonyl (C=O) groups excluding carboxylic acids is 2. The third kappa shape index (κ3) is 4.29. The van der Waals surface area contributed by atoms with E-state index in [-0.39, 0.29) is 18.4 Å². The van der Waals surface area contributed by atoms with Gasteiger partial charge in [-0.3, -0.25) is 9.59 Å². The second-order valence-corrected chi connectivity index (χ2v) is 4.69. The second-order valence-electron chi connectivity index (χ2n) is 4.69. The van der Waals surface area contributed by atoms with Gasteiger partial charge in [-0.25, -0.2) is 0 Å². The van der Waals surface area contributed by atoms with Crippen LogP contribution in [0.4, 0.5) is 0 Å². The molecule has 0 bridgehead atoms. The lowest BCUT2D eigenvalue weighted by Gasteiger charge is -2.20. The first kappa shape index (κ1) is 12.0. The Morgan fingerprint density at radius 2 is 2.00 bits per heavy atom. The molecule has 0 atom stereocenters. The van der Waals surface area contributed by atoms with Crippen molar-refractivity contribution in [3.8, 4) is 0 Å². The van der Waals surface area contributed by atoms with Crippen LogP contribution >= 0.6 is 0 Å². The van der Waals surface area contributed by atoms with Crippen molar-refractivity contribution in [1.29, 1.82) is 0 Å². The molecule has 2 amide bonds. The van der Waals surface area contributed by atoms with E-state index in [2.05, 4.69) is 10.6 Å². The van der Waals surface area contributed by atoms with Crippen molar-refractivity contribution in [2.45, 2.75) is 32.7 Å². The van der Waals surface area contributed by atoms with Gasteiger partial charge in [0, 0.05) is 12.6 Å². The Morgan fingerprint density at radius 1 is 1.40 bits per heavy atom. The minimum atomic E-state index is -0.611. The second kappa shape index (κ2) is 4.61. The van der Waals surface area contributed by atoms with Gasteiger partial charge in [-0.05, 0) is 26.7 Å². The molecule has 5 nitrogen and oxygen atoms in total. The van der Waals surface area contributed by atoms with Crippen LogP contribution in [-0.2, 0) is 9.59 Å². The van der Waals surface area contributed by atoms with Crippen molar-refractivity contribution < 1.29 is 9.59 Å². The molecular weight excluding hydrogens is 194 g/mol. The molecule has 1 aliphatic rings. The maximum atomic E-state index is 11.3. The number of nitrogens with two attached hydrogens (primary N) is 1. The lowest BCUT2D eigenvalue weighted by atomic mass is 9.93. The van der Waals surface area contributed by atoms with Gasteiger partial charge >= 0.3 is 0 Å². The number of hydrogen-bond acceptors (Lipinski definition) is 3. The van der Waals surface area contributed by atoms with Crippen LogP contribution in [0.15, 0.2) is 0 Å². The Kier molecular flexibility index (Phi) is 3.68. The number of carbonyl (C=O) groups is 2. The van der Waals surface area contributed by atoms with E-state index >= 15 is 0 Å². The van der Waals surface area contributed by atoms with E-state index < -0.39 is 5.41 Å². The molecule has 1 saturated carbocycles. The van der Waals surface area contributed by atoms with Gasteiger partial charge in [0.1, 0.15) is 0 Å². The molecule has 15 heavy (non-hydrogen) atoms. The average Bonchev–Trinajstić information content (AvgIpc) is 2.87. The highest BCUT2D eigenvalue weighted by Crippen LogP contribution is 2.18. The number of hydrogen-bond donors (Lipinski definition) is 3. The molecule has 86 valence electrons. The van der Waals surface area contributed by atoms with E-state index in [0.29, 0.717) is 12.6 Å². The minimum absolute atomic E-state index is 0.0160. The third-order valence-corrected chi connectivity index (χ3v) is 2.46. The summed E-state index contributed by atoms with van der Waals surface area (Å²) in [5.41, 5.74) is 4.59. The predicted octanol–water partition coefficient (Wildman–Crippen LogP) is -0.634. The first-order chi connectivity index (χ1) is 6.92. The molecule has 1 fully saturated rings. The first-order valence-corrected chi connectivity index (χ1v) is 5.22. The van der Waals surface area contributed by atoms with Crippen LogP contribution in [-0.4, -0.2) is 30.9 Å². The Bertz CT molecular complexity index is 259. The molecule has 0 unspecified atom stereocenters. The zero-order chi connectivity index (χ0) is 11.5. The summed E-state index contributed by atoms with van der Waals surface area (Å²) < 4.78 is 0. The highest BCUT2D eigenvalue weighted by Gasteiger charge is 2.26. The SMILES string of the molecule is CC(C)(CNCC(=O)NC1CC1)C(N)=O. The van der Waals surface area contributed by atoms with Crippen LogP contribution in [0.2, 0.25) is 0 Å². The summed E-state index contributed by atoms with van der Waals surface area (Å²) in [6.07, 6.45) is 2.16. The van der Waals surface area contributed by atoms with Gasteiger partial charge in [0.05, 0.1) is 12.0 Å². The van der Waals surface area contributed by atoms with E-state index in [9.17, 15) is 9.59 Å². The molecule has 0 saturated heterocycles. The van der Waals surface area contributed by atoms with Gasteiger partial charge in [-0.2, -0.15) is 0 Å². The van der Waals surface area contributed by atoms with Crippen LogP contribution in [0.5, 0.6) is 0 Å². The Labute approximate surface area is 89.8 Å². The van der Waals surface area contributed by atoms with E-state index in [1.807, 2.05) is 0 Å². The summed E-state index contributed by atoms with van der Waals surface area (Å²) in [4.78, 5) is 22.2. The van der Waals surface area contributed by atoms with Gasteiger partial charge in [0.15, 0.2) is 0 Å². The maximum Gasteiger partial charge on any atom is 0.234 e. The zero-order valence-electron chi connectivity index (χ0n) is 9.30. The highest BCUT2D eigenvalue weighted by atomic mass is 16.2. The van der Waals surface area contributed by atoms with Gasteiger partial charge in [-0.15, -0.1) is 0 Å². The summed E-state index contributed by atoms with van der Waals surface area (Å²) in [6, 6.07) is 0.378. The third-order valence-electron chi connectivity index (χ3n) is 2.46. The number of nitrogens with one attached hydrogen (secondary N) is 2. The standard InChI is InChI=1S/C10H19N3O2/c1-10(2,9(11)15)6-12-5-8(14)13-7-3-4-7/h7,12H,3-6H2,1-2H3,(H2,11,15)(H,13,14). The fourth-order valence-corrected chi connectivity index (χ4v) is 1.08. The molecule has 0 aromatic carbocycles.